The summed E-state index contributed by atoms with van der Waals surface area (Å²) in [7, 11) is -2.63. The van der Waals surface area contributed by atoms with Gasteiger partial charge in [-0.25, -0.2) is 23.9 Å². The molecule has 2 aliphatic rings. The van der Waals surface area contributed by atoms with Crippen LogP contribution in [0.3, 0.4) is 0 Å². The summed E-state index contributed by atoms with van der Waals surface area (Å²) < 4.78 is 41.5. The minimum Gasteiger partial charge on any atom is -0.463 e. The van der Waals surface area contributed by atoms with Gasteiger partial charge in [0.2, 0.25) is 12.4 Å². The third-order valence-corrected chi connectivity index (χ3v) is 9.95. The van der Waals surface area contributed by atoms with Crippen LogP contribution in [-0.4, -0.2) is 96.4 Å². The Hall–Kier alpha value is -4.80. The second-order valence-corrected chi connectivity index (χ2v) is 20.7. The standard InChI is InChI=1S/C37H54N6O12Si/c1-22(2)29(41-35(48)54-36(4,5)6)33(46)52-30-26(18-49-28(45)17-24-13-11-10-12-14-24)53-37(19-38,31(30)55-56(7,8)9)27-16-15-25-32(39-20-40-43(25)27)42-34(47)51-21-50-23(3)44/h15-16,20,22,24,26,29-31H,10-14,17-18,21H2,1-9H3,(H,41,48)(H,39,40,42,47)/t26-,29+,30-,31-,37+/m1/s1. The van der Waals surface area contributed by atoms with Crippen LogP contribution < -0.4 is 10.6 Å². The summed E-state index contributed by atoms with van der Waals surface area (Å²) in [6.45, 7) is 14.3. The molecular weight excluding hydrogens is 749 g/mol. The van der Waals surface area contributed by atoms with E-state index in [1.54, 1.807) is 34.6 Å². The SMILES string of the molecule is CC(=O)OCOC(=O)Nc1ncnn2c([C@]3(C#N)O[C@H](COC(=O)CC4CCCCC4)[C@@H](OC(=O)[C@@H](NC(=O)OC(C)(C)C)C(C)C)[C@H]3O[Si](C)(C)C)ccc12. The molecule has 0 aromatic carbocycles. The third kappa shape index (κ3) is 11.6. The molecule has 3 heterocycles. The van der Waals surface area contributed by atoms with Gasteiger partial charge in [0.15, 0.2) is 20.2 Å². The van der Waals surface area contributed by atoms with Crippen LogP contribution in [0.1, 0.15) is 85.8 Å². The first-order valence-corrected chi connectivity index (χ1v) is 22.2. The molecule has 5 atom stereocenters. The molecule has 1 aliphatic carbocycles. The Morgan fingerprint density at radius 1 is 1.05 bits per heavy atom. The van der Waals surface area contributed by atoms with E-state index in [1.807, 2.05) is 19.6 Å². The van der Waals surface area contributed by atoms with E-state index in [9.17, 15) is 29.2 Å². The highest BCUT2D eigenvalue weighted by atomic mass is 28.4. The molecule has 2 amide bonds. The number of aromatic nitrogens is 3. The largest absolute Gasteiger partial charge is 0.463 e. The molecule has 0 bridgehead atoms. The van der Waals surface area contributed by atoms with Crippen molar-refractivity contribution in [1.82, 2.24) is 19.9 Å². The van der Waals surface area contributed by atoms with Crippen LogP contribution >= 0.6 is 0 Å². The first-order chi connectivity index (χ1) is 26.2. The number of nitriles is 1. The second kappa shape index (κ2) is 18.4. The van der Waals surface area contributed by atoms with Crippen LogP contribution in [0.15, 0.2) is 18.5 Å². The molecule has 0 radical (unpaired) electrons. The molecule has 18 nitrogen and oxygen atoms in total. The minimum atomic E-state index is -2.63. The average Bonchev–Trinajstić information content (AvgIpc) is 3.65. The molecule has 1 aliphatic heterocycles. The van der Waals surface area contributed by atoms with E-state index in [1.165, 1.54) is 16.6 Å². The number of esters is 3. The zero-order chi connectivity index (χ0) is 41.4. The van der Waals surface area contributed by atoms with Gasteiger partial charge >= 0.3 is 30.1 Å². The van der Waals surface area contributed by atoms with Crippen LogP contribution in [0.4, 0.5) is 15.4 Å². The van der Waals surface area contributed by atoms with E-state index in [0.29, 0.717) is 0 Å². The lowest BCUT2D eigenvalue weighted by Gasteiger charge is -2.34. The molecule has 56 heavy (non-hydrogen) atoms. The number of amides is 2. The van der Waals surface area contributed by atoms with E-state index in [2.05, 4.69) is 31.5 Å². The predicted octanol–water partition coefficient (Wildman–Crippen LogP) is 5.11. The number of nitrogens with one attached hydrogen (secondary N) is 2. The summed E-state index contributed by atoms with van der Waals surface area (Å²) in [5, 5.41) is 20.5. The van der Waals surface area contributed by atoms with Crippen molar-refractivity contribution in [2.45, 2.75) is 135 Å². The molecule has 0 spiro atoms. The monoisotopic (exact) mass is 802 g/mol. The predicted molar refractivity (Wildman–Crippen MR) is 200 cm³/mol. The van der Waals surface area contributed by atoms with Gasteiger partial charge in [0.05, 0.1) is 5.69 Å². The van der Waals surface area contributed by atoms with Crippen molar-refractivity contribution in [3.8, 4) is 6.07 Å². The number of nitrogens with zero attached hydrogens (tertiary/aromatic N) is 4. The van der Waals surface area contributed by atoms with Crippen molar-refractivity contribution < 1.29 is 56.8 Å². The highest BCUT2D eigenvalue weighted by molar-refractivity contribution is 6.69. The Balaban J connectivity index is 1.74. The summed E-state index contributed by atoms with van der Waals surface area (Å²) in [5.74, 6) is -2.23. The number of hydrogen-bond acceptors (Lipinski definition) is 15. The summed E-state index contributed by atoms with van der Waals surface area (Å²) in [5.41, 5.74) is -2.53. The summed E-state index contributed by atoms with van der Waals surface area (Å²) >= 11 is 0. The van der Waals surface area contributed by atoms with E-state index in [4.69, 9.17) is 28.1 Å². The Labute approximate surface area is 327 Å². The van der Waals surface area contributed by atoms with E-state index in [0.717, 1.165) is 45.4 Å². The minimum absolute atomic E-state index is 0.0167. The molecule has 308 valence electrons. The highest BCUT2D eigenvalue weighted by Crippen LogP contribution is 2.45. The van der Waals surface area contributed by atoms with Crippen LogP contribution in [-0.2, 0) is 52.8 Å². The van der Waals surface area contributed by atoms with E-state index < -0.39 is 86.7 Å². The quantitative estimate of drug-likeness (QED) is 0.109. The maximum absolute atomic E-state index is 14.1. The molecule has 19 heteroatoms. The molecule has 2 fully saturated rings. The zero-order valence-corrected chi connectivity index (χ0v) is 34.5. The number of ether oxygens (including phenoxy) is 6. The third-order valence-electron chi connectivity index (χ3n) is 8.99. The lowest BCUT2D eigenvalue weighted by molar-refractivity contribution is -0.163. The molecule has 2 aromatic rings. The topological polar surface area (TPSA) is 228 Å². The summed E-state index contributed by atoms with van der Waals surface area (Å²) in [6.07, 6.45) is 0.717. The number of anilines is 1. The van der Waals surface area contributed by atoms with Gasteiger partial charge in [0, 0.05) is 13.3 Å². The van der Waals surface area contributed by atoms with Gasteiger partial charge in [-0.15, -0.1) is 0 Å². The van der Waals surface area contributed by atoms with Crippen molar-refractivity contribution in [2.24, 2.45) is 11.8 Å². The first-order valence-electron chi connectivity index (χ1n) is 18.8. The normalized spacial score (nSPS) is 22.1. The van der Waals surface area contributed by atoms with Gasteiger partial charge < -0.3 is 38.2 Å². The van der Waals surface area contributed by atoms with Crippen molar-refractivity contribution in [1.29, 1.82) is 5.26 Å². The van der Waals surface area contributed by atoms with Crippen LogP contribution in [0.2, 0.25) is 19.6 Å². The van der Waals surface area contributed by atoms with Crippen LogP contribution in [0.25, 0.3) is 5.52 Å². The molecule has 2 aromatic heterocycles. The maximum atomic E-state index is 14.1. The van der Waals surface area contributed by atoms with Crippen molar-refractivity contribution >= 4 is 49.7 Å². The zero-order valence-electron chi connectivity index (χ0n) is 33.5. The number of alkyl carbamates (subject to hydrolysis) is 1. The van der Waals surface area contributed by atoms with Crippen LogP contribution in [0.5, 0.6) is 0 Å². The van der Waals surface area contributed by atoms with Gasteiger partial charge in [-0.1, -0.05) is 33.1 Å². The average molecular weight is 803 g/mol. The Morgan fingerprint density at radius 3 is 2.36 bits per heavy atom. The van der Waals surface area contributed by atoms with Crippen molar-refractivity contribution in [3.63, 3.8) is 0 Å². The van der Waals surface area contributed by atoms with Crippen molar-refractivity contribution in [3.05, 3.63) is 24.2 Å². The second-order valence-electron chi connectivity index (χ2n) is 16.3. The van der Waals surface area contributed by atoms with Crippen molar-refractivity contribution in [2.75, 3.05) is 18.7 Å². The number of fused-ring (bicyclic) bond motifs is 1. The number of carbonyl (C=O) groups is 5. The molecule has 4 rings (SSSR count). The summed E-state index contributed by atoms with van der Waals surface area (Å²) in [6, 6.07) is 4.13. The van der Waals surface area contributed by atoms with E-state index in [-0.39, 0.29) is 36.0 Å². The van der Waals surface area contributed by atoms with Crippen LogP contribution in [0, 0.1) is 23.2 Å². The Kier molecular flexibility index (Phi) is 14.5. The maximum Gasteiger partial charge on any atom is 0.415 e. The van der Waals surface area contributed by atoms with Gasteiger partial charge in [0.1, 0.15) is 48.4 Å². The number of rotatable bonds is 14. The fourth-order valence-electron chi connectivity index (χ4n) is 6.56. The number of hydrogen-bond donors (Lipinski definition) is 2. The molecule has 2 N–H and O–H groups in total. The van der Waals surface area contributed by atoms with Gasteiger partial charge in [-0.05, 0) is 77.2 Å². The molecular formula is C37H54N6O12Si. The van der Waals surface area contributed by atoms with E-state index >= 15 is 0 Å². The molecule has 0 unspecified atom stereocenters. The first kappa shape index (κ1) is 43.9. The molecule has 1 saturated carbocycles. The Bertz CT molecular complexity index is 1780. The van der Waals surface area contributed by atoms with Gasteiger partial charge in [-0.3, -0.25) is 14.9 Å². The summed E-state index contributed by atoms with van der Waals surface area (Å²) in [4.78, 5) is 67.8. The lowest BCUT2D eigenvalue weighted by atomic mass is 9.87. The fourth-order valence-corrected chi connectivity index (χ4v) is 7.62. The fraction of sp³-hybridized carbons (Fsp3) is 0.676. The molecule has 1 saturated heterocycles. The lowest BCUT2D eigenvalue weighted by Crippen LogP contribution is -2.53. The van der Waals surface area contributed by atoms with Gasteiger partial charge in [0.25, 0.3) is 0 Å². The highest BCUT2D eigenvalue weighted by Gasteiger charge is 2.62. The smallest absolute Gasteiger partial charge is 0.415 e. The number of carbonyl (C=O) groups excluding carboxylic acids is 5. The Morgan fingerprint density at radius 2 is 1.75 bits per heavy atom. The van der Waals surface area contributed by atoms with Gasteiger partial charge in [-0.2, -0.15) is 10.4 Å².